The van der Waals surface area contributed by atoms with Crippen molar-refractivity contribution >= 4 is 27.6 Å². The van der Waals surface area contributed by atoms with Crippen molar-refractivity contribution in [1.82, 2.24) is 10.2 Å². The molecule has 2 heterocycles. The van der Waals surface area contributed by atoms with E-state index < -0.39 is 5.92 Å². The van der Waals surface area contributed by atoms with Crippen molar-refractivity contribution in [3.63, 3.8) is 0 Å². The number of hydrogen-bond acceptors (Lipinski definition) is 6. The van der Waals surface area contributed by atoms with E-state index in [1.807, 2.05) is 24.0 Å². The van der Waals surface area contributed by atoms with Crippen LogP contribution in [-0.4, -0.2) is 57.1 Å². The molecular weight excluding hydrogens is 464 g/mol. The van der Waals surface area contributed by atoms with Gasteiger partial charge in [0, 0.05) is 52.4 Å². The number of hydrogen-bond donors (Lipinski definition) is 1. The fourth-order valence-corrected chi connectivity index (χ4v) is 5.16. The molecule has 0 aromatic heterocycles. The van der Waals surface area contributed by atoms with Gasteiger partial charge in [-0.15, -0.1) is 0 Å². The summed E-state index contributed by atoms with van der Waals surface area (Å²) in [4.78, 5) is 28.6. The van der Waals surface area contributed by atoms with Gasteiger partial charge in [0.05, 0.1) is 27.4 Å². The van der Waals surface area contributed by atoms with Crippen molar-refractivity contribution in [3.05, 3.63) is 44.7 Å². The molecule has 0 saturated carbocycles. The highest BCUT2D eigenvalue weighted by Crippen LogP contribution is 2.47. The second-order valence-electron chi connectivity index (χ2n) is 7.90. The normalized spacial score (nSPS) is 21.6. The fraction of sp³-hybridized carbons (Fsp3) is 0.478. The third-order valence-corrected chi connectivity index (χ3v) is 6.81. The topological polar surface area (TPSA) is 77.1 Å². The molecule has 0 spiro atoms. The first-order valence-corrected chi connectivity index (χ1v) is 11.3. The van der Waals surface area contributed by atoms with E-state index in [-0.39, 0.29) is 11.7 Å². The van der Waals surface area contributed by atoms with Crippen LogP contribution in [0.25, 0.3) is 0 Å². The molecule has 3 aliphatic rings. The number of rotatable bonds is 4. The van der Waals surface area contributed by atoms with Crippen LogP contribution in [0.3, 0.4) is 0 Å². The molecule has 0 bridgehead atoms. The second kappa shape index (κ2) is 9.04. The summed E-state index contributed by atoms with van der Waals surface area (Å²) >= 11 is 3.66. The zero-order valence-corrected chi connectivity index (χ0v) is 19.6. The predicted molar refractivity (Wildman–Crippen MR) is 119 cm³/mol. The number of halogens is 1. The minimum absolute atomic E-state index is 0.0649. The highest BCUT2D eigenvalue weighted by atomic mass is 79.9. The molecule has 0 radical (unpaired) electrons. The standard InChI is InChI=1S/C23H27BrN2O5/c1-13-20(23(28)26-7-9-31-10-8-26)21(22-16(25-13)5-4-6-17(22)27)14-11-18(29-2)19(30-3)12-15(14)24/h11-12,21,25H,4-10H2,1-3H3. The van der Waals surface area contributed by atoms with Gasteiger partial charge >= 0.3 is 0 Å². The Hall–Kier alpha value is -2.32. The molecule has 1 N–H and O–H groups in total. The molecule has 1 aromatic rings. The van der Waals surface area contributed by atoms with Crippen molar-refractivity contribution < 1.29 is 23.8 Å². The SMILES string of the molecule is COc1cc(Br)c(C2C(C(=O)N3CCOCC3)=C(C)NC3=C2C(=O)CCC3)cc1OC. The van der Waals surface area contributed by atoms with E-state index in [1.165, 1.54) is 0 Å². The van der Waals surface area contributed by atoms with Crippen LogP contribution in [0.1, 0.15) is 37.7 Å². The van der Waals surface area contributed by atoms with Gasteiger partial charge in [-0.1, -0.05) is 15.9 Å². The molecule has 2 aliphatic heterocycles. The lowest BCUT2D eigenvalue weighted by atomic mass is 9.74. The van der Waals surface area contributed by atoms with Gasteiger partial charge in [-0.2, -0.15) is 0 Å². The maximum absolute atomic E-state index is 13.7. The van der Waals surface area contributed by atoms with Crippen LogP contribution < -0.4 is 14.8 Å². The molecule has 1 unspecified atom stereocenters. The summed E-state index contributed by atoms with van der Waals surface area (Å²) in [6.45, 7) is 4.02. The number of nitrogens with one attached hydrogen (secondary N) is 1. The van der Waals surface area contributed by atoms with Crippen molar-refractivity contribution in [2.24, 2.45) is 0 Å². The van der Waals surface area contributed by atoms with Gasteiger partial charge in [-0.05, 0) is 37.5 Å². The van der Waals surface area contributed by atoms with Crippen LogP contribution in [0.4, 0.5) is 0 Å². The van der Waals surface area contributed by atoms with Gasteiger partial charge in [0.25, 0.3) is 5.91 Å². The summed E-state index contributed by atoms with van der Waals surface area (Å²) in [6, 6.07) is 3.70. The van der Waals surface area contributed by atoms with E-state index in [0.29, 0.717) is 55.4 Å². The van der Waals surface area contributed by atoms with Gasteiger partial charge in [0.1, 0.15) is 0 Å². The Labute approximate surface area is 190 Å². The molecule has 7 nitrogen and oxygen atoms in total. The Balaban J connectivity index is 1.88. The number of ketones is 1. The van der Waals surface area contributed by atoms with Crippen molar-refractivity contribution in [2.75, 3.05) is 40.5 Å². The second-order valence-corrected chi connectivity index (χ2v) is 8.75. The molecule has 1 fully saturated rings. The van der Waals surface area contributed by atoms with E-state index in [1.54, 1.807) is 14.2 Å². The molecule has 1 amide bonds. The van der Waals surface area contributed by atoms with Crippen LogP contribution >= 0.6 is 15.9 Å². The lowest BCUT2D eigenvalue weighted by Crippen LogP contribution is -2.44. The highest BCUT2D eigenvalue weighted by Gasteiger charge is 2.41. The molecule has 1 aliphatic carbocycles. The maximum atomic E-state index is 13.7. The third-order valence-electron chi connectivity index (χ3n) is 6.12. The number of carbonyl (C=O) groups is 2. The van der Waals surface area contributed by atoms with E-state index in [9.17, 15) is 9.59 Å². The summed E-state index contributed by atoms with van der Waals surface area (Å²) in [5.74, 6) is 0.678. The molecule has 31 heavy (non-hydrogen) atoms. The molecule has 8 heteroatoms. The number of dihydropyridines is 1. The molecular formula is C23H27BrN2O5. The Morgan fingerprint density at radius 3 is 2.52 bits per heavy atom. The highest BCUT2D eigenvalue weighted by molar-refractivity contribution is 9.10. The van der Waals surface area contributed by atoms with Crippen molar-refractivity contribution in [2.45, 2.75) is 32.1 Å². The smallest absolute Gasteiger partial charge is 0.252 e. The summed E-state index contributed by atoms with van der Waals surface area (Å²) in [5.41, 5.74) is 3.80. The number of carbonyl (C=O) groups excluding carboxylic acids is 2. The lowest BCUT2D eigenvalue weighted by molar-refractivity contribution is -0.131. The van der Waals surface area contributed by atoms with E-state index >= 15 is 0 Å². The average Bonchev–Trinajstić information content (AvgIpc) is 2.78. The number of nitrogens with zero attached hydrogens (tertiary/aromatic N) is 1. The van der Waals surface area contributed by atoms with Crippen molar-refractivity contribution in [1.29, 1.82) is 0 Å². The summed E-state index contributed by atoms with van der Waals surface area (Å²) in [7, 11) is 3.16. The number of Topliss-reactive ketones (excluding diaryl/α,β-unsaturated/α-hetero) is 1. The molecule has 1 saturated heterocycles. The number of amides is 1. The third kappa shape index (κ3) is 3.99. The van der Waals surface area contributed by atoms with Gasteiger partial charge in [0.15, 0.2) is 17.3 Å². The number of morpholine rings is 1. The Kier molecular flexibility index (Phi) is 6.39. The van der Waals surface area contributed by atoms with Crippen LogP contribution in [0, 0.1) is 0 Å². The zero-order chi connectivity index (χ0) is 22.1. The predicted octanol–water partition coefficient (Wildman–Crippen LogP) is 3.29. The summed E-state index contributed by atoms with van der Waals surface area (Å²) in [5, 5.41) is 3.38. The number of benzene rings is 1. The van der Waals surface area contributed by atoms with Crippen LogP contribution in [0.2, 0.25) is 0 Å². The van der Waals surface area contributed by atoms with Gasteiger partial charge in [-0.3, -0.25) is 9.59 Å². The maximum Gasteiger partial charge on any atom is 0.252 e. The first kappa shape index (κ1) is 21.9. The number of ether oxygens (including phenoxy) is 3. The molecule has 1 atom stereocenters. The summed E-state index contributed by atoms with van der Waals surface area (Å²) < 4.78 is 17.2. The van der Waals surface area contributed by atoms with E-state index in [2.05, 4.69) is 21.2 Å². The van der Waals surface area contributed by atoms with Crippen LogP contribution in [0.5, 0.6) is 11.5 Å². The van der Waals surface area contributed by atoms with E-state index in [4.69, 9.17) is 14.2 Å². The van der Waals surface area contributed by atoms with Crippen molar-refractivity contribution in [3.8, 4) is 11.5 Å². The lowest BCUT2D eigenvalue weighted by Gasteiger charge is -2.37. The Morgan fingerprint density at radius 2 is 1.84 bits per heavy atom. The Bertz CT molecular complexity index is 978. The minimum atomic E-state index is -0.478. The molecule has 166 valence electrons. The number of allylic oxidation sites excluding steroid dienone is 3. The summed E-state index contributed by atoms with van der Waals surface area (Å²) in [6.07, 6.45) is 2.09. The molecule has 1 aromatic carbocycles. The minimum Gasteiger partial charge on any atom is -0.493 e. The zero-order valence-electron chi connectivity index (χ0n) is 18.0. The number of methoxy groups -OCH3 is 2. The quantitative estimate of drug-likeness (QED) is 0.697. The van der Waals surface area contributed by atoms with E-state index in [0.717, 1.165) is 34.3 Å². The van der Waals surface area contributed by atoms with Crippen LogP contribution in [-0.2, 0) is 14.3 Å². The van der Waals surface area contributed by atoms with Gasteiger partial charge in [-0.25, -0.2) is 0 Å². The van der Waals surface area contributed by atoms with Gasteiger partial charge < -0.3 is 24.4 Å². The average molecular weight is 491 g/mol. The molecule has 4 rings (SSSR count). The largest absolute Gasteiger partial charge is 0.493 e. The van der Waals surface area contributed by atoms with Crippen LogP contribution in [0.15, 0.2) is 39.1 Å². The monoisotopic (exact) mass is 490 g/mol. The van der Waals surface area contributed by atoms with Gasteiger partial charge in [0.2, 0.25) is 0 Å². The first-order valence-electron chi connectivity index (χ1n) is 10.5. The fourth-order valence-electron chi connectivity index (χ4n) is 4.61. The Morgan fingerprint density at radius 1 is 1.16 bits per heavy atom. The first-order chi connectivity index (χ1) is 15.0.